The molecule has 7 heteroatoms. The van der Waals surface area contributed by atoms with Gasteiger partial charge < -0.3 is 9.47 Å². The van der Waals surface area contributed by atoms with Crippen LogP contribution in [0.5, 0.6) is 11.5 Å². The summed E-state index contributed by atoms with van der Waals surface area (Å²) >= 11 is 1.87. The van der Waals surface area contributed by atoms with Gasteiger partial charge in [-0.25, -0.2) is 0 Å². The lowest BCUT2D eigenvalue weighted by molar-refractivity contribution is -0.137. The van der Waals surface area contributed by atoms with Crippen molar-refractivity contribution in [1.29, 1.82) is 0 Å². The Kier molecular flexibility index (Phi) is 6.91. The van der Waals surface area contributed by atoms with Crippen LogP contribution in [0.1, 0.15) is 35.3 Å². The van der Waals surface area contributed by atoms with E-state index in [1.165, 1.54) is 25.3 Å². The molecule has 0 aliphatic heterocycles. The minimum atomic E-state index is -4.39. The summed E-state index contributed by atoms with van der Waals surface area (Å²) in [5.41, 5.74) is 0.175. The molecule has 144 valence electrons. The maximum absolute atomic E-state index is 12.6. The molecule has 0 aliphatic rings. The summed E-state index contributed by atoms with van der Waals surface area (Å²) in [5, 5.41) is 0. The first-order chi connectivity index (χ1) is 12.6. The highest BCUT2D eigenvalue weighted by Gasteiger charge is 2.29. The van der Waals surface area contributed by atoms with Crippen LogP contribution < -0.4 is 9.47 Å². The smallest absolute Gasteiger partial charge is 0.416 e. The summed E-state index contributed by atoms with van der Waals surface area (Å²) in [7, 11) is 1.49. The average Bonchev–Trinajstić information content (AvgIpc) is 2.60. The van der Waals surface area contributed by atoms with Gasteiger partial charge >= 0.3 is 6.18 Å². The second-order valence-electron chi connectivity index (χ2n) is 5.97. The Bertz CT molecular complexity index is 841. The molecule has 2 rings (SSSR count). The summed E-state index contributed by atoms with van der Waals surface area (Å²) in [6.45, 7) is 3.77. The molecule has 0 radical (unpaired) electrons. The first-order valence-electron chi connectivity index (χ1n) is 8.05. The number of Topliss-reactive ketones (excluding diaryl/α,β-unsaturated/α-hetero) is 1. The molecule has 0 aliphatic carbocycles. The van der Waals surface area contributed by atoms with Crippen molar-refractivity contribution >= 4 is 34.5 Å². The number of carbonyl (C=O) groups excluding carboxylic acids is 1. The van der Waals surface area contributed by atoms with E-state index >= 15 is 0 Å². The third-order valence-corrected chi connectivity index (χ3v) is 4.34. The number of hydrogen-bond donors (Lipinski definition) is 0. The number of allylic oxidation sites excluding steroid dienone is 1. The number of methoxy groups -OCH3 is 1. The van der Waals surface area contributed by atoms with E-state index in [9.17, 15) is 18.0 Å². The van der Waals surface area contributed by atoms with Crippen LogP contribution in [0.15, 0.2) is 46.0 Å². The molecule has 0 aromatic heterocycles. The van der Waals surface area contributed by atoms with Gasteiger partial charge in [0.1, 0.15) is 0 Å². The topological polar surface area (TPSA) is 35.5 Å². The lowest BCUT2D eigenvalue weighted by Crippen LogP contribution is -2.07. The summed E-state index contributed by atoms with van der Waals surface area (Å²) in [6.07, 6.45) is -2.89. The fourth-order valence-corrected chi connectivity index (χ4v) is 2.95. The van der Waals surface area contributed by atoms with Gasteiger partial charge in [0, 0.05) is 5.56 Å². The Morgan fingerprint density at radius 2 is 1.70 bits per heavy atom. The molecular weight excluding hydrogens is 472 g/mol. The fraction of sp³-hybridized carbons (Fsp3) is 0.250. The summed E-state index contributed by atoms with van der Waals surface area (Å²) in [6, 6.07) is 9.50. The molecule has 0 saturated carbocycles. The van der Waals surface area contributed by atoms with Crippen LogP contribution in [-0.2, 0) is 6.18 Å². The second-order valence-corrected chi connectivity index (χ2v) is 7.14. The third kappa shape index (κ3) is 5.72. The van der Waals surface area contributed by atoms with Crippen LogP contribution in [0.4, 0.5) is 13.2 Å². The highest BCUT2D eigenvalue weighted by atomic mass is 127. The van der Waals surface area contributed by atoms with Crippen LogP contribution in [-0.4, -0.2) is 19.0 Å². The van der Waals surface area contributed by atoms with E-state index in [4.69, 9.17) is 9.47 Å². The molecule has 0 saturated heterocycles. The summed E-state index contributed by atoms with van der Waals surface area (Å²) < 4.78 is 49.1. The molecule has 0 amide bonds. The van der Waals surface area contributed by atoms with Crippen molar-refractivity contribution in [3.63, 3.8) is 0 Å². The molecule has 27 heavy (non-hydrogen) atoms. The lowest BCUT2D eigenvalue weighted by Gasteiger charge is -2.14. The maximum atomic E-state index is 12.6. The van der Waals surface area contributed by atoms with Gasteiger partial charge in [-0.15, -0.1) is 0 Å². The number of ketones is 1. The molecule has 0 spiro atoms. The van der Waals surface area contributed by atoms with Crippen molar-refractivity contribution in [2.45, 2.75) is 26.1 Å². The van der Waals surface area contributed by atoms with E-state index < -0.39 is 11.7 Å². The Hall–Kier alpha value is -2.03. The van der Waals surface area contributed by atoms with E-state index in [-0.39, 0.29) is 11.9 Å². The Balaban J connectivity index is 2.24. The Morgan fingerprint density at radius 3 is 2.22 bits per heavy atom. The molecule has 0 heterocycles. The van der Waals surface area contributed by atoms with Gasteiger partial charge in [-0.2, -0.15) is 13.2 Å². The van der Waals surface area contributed by atoms with Gasteiger partial charge in [0.15, 0.2) is 17.3 Å². The van der Waals surface area contributed by atoms with Gasteiger partial charge in [0.05, 0.1) is 22.4 Å². The molecule has 0 bridgehead atoms. The number of alkyl halides is 3. The largest absolute Gasteiger partial charge is 0.493 e. The van der Waals surface area contributed by atoms with Gasteiger partial charge in [-0.05, 0) is 78.4 Å². The van der Waals surface area contributed by atoms with Gasteiger partial charge in [-0.1, -0.05) is 12.1 Å². The highest BCUT2D eigenvalue weighted by Crippen LogP contribution is 2.32. The first-order valence-corrected chi connectivity index (χ1v) is 9.13. The predicted molar refractivity (Wildman–Crippen MR) is 107 cm³/mol. The molecule has 3 nitrogen and oxygen atoms in total. The number of hydrogen-bond acceptors (Lipinski definition) is 3. The van der Waals surface area contributed by atoms with E-state index in [1.807, 2.05) is 36.4 Å². The van der Waals surface area contributed by atoms with Crippen molar-refractivity contribution in [3.8, 4) is 11.5 Å². The van der Waals surface area contributed by atoms with Crippen molar-refractivity contribution in [2.75, 3.05) is 7.11 Å². The first kappa shape index (κ1) is 21.3. The number of ether oxygens (including phenoxy) is 2. The number of rotatable bonds is 6. The normalized spacial score (nSPS) is 12.2. The van der Waals surface area contributed by atoms with Crippen molar-refractivity contribution in [2.24, 2.45) is 0 Å². The molecule has 0 N–H and O–H groups in total. The third-order valence-electron chi connectivity index (χ3n) is 3.54. The van der Waals surface area contributed by atoms with Crippen LogP contribution in [0.2, 0.25) is 0 Å². The fourth-order valence-electron chi connectivity index (χ4n) is 2.28. The van der Waals surface area contributed by atoms with Crippen molar-refractivity contribution in [3.05, 3.63) is 62.7 Å². The van der Waals surface area contributed by atoms with E-state index in [1.54, 1.807) is 18.2 Å². The number of carbonyl (C=O) groups is 1. The minimum Gasteiger partial charge on any atom is -0.493 e. The molecule has 0 atom stereocenters. The number of benzene rings is 2. The zero-order valence-corrected chi connectivity index (χ0v) is 17.1. The summed E-state index contributed by atoms with van der Waals surface area (Å²) in [4.78, 5) is 12.6. The average molecular weight is 490 g/mol. The predicted octanol–water partition coefficient (Wildman–Crippen LogP) is 6.16. The highest BCUT2D eigenvalue weighted by molar-refractivity contribution is 14.1. The van der Waals surface area contributed by atoms with Crippen LogP contribution in [0.3, 0.4) is 0 Å². The molecule has 2 aromatic rings. The zero-order chi connectivity index (χ0) is 20.2. The number of halogens is 4. The van der Waals surface area contributed by atoms with Gasteiger partial charge in [0.2, 0.25) is 0 Å². The Morgan fingerprint density at radius 1 is 1.07 bits per heavy atom. The minimum absolute atomic E-state index is 0.0415. The standard InChI is InChI=1S/C20H18F3IO3/c1-12(2)27-17-9-6-14(11-18(17)26-3)19(25)16(24)10-13-4-7-15(8-5-13)20(21,22)23/h4-12H,1-3H3. The second kappa shape index (κ2) is 8.77. The van der Waals surface area contributed by atoms with E-state index in [0.717, 1.165) is 12.1 Å². The maximum Gasteiger partial charge on any atom is 0.416 e. The van der Waals surface area contributed by atoms with Crippen molar-refractivity contribution in [1.82, 2.24) is 0 Å². The molecule has 0 unspecified atom stereocenters. The van der Waals surface area contributed by atoms with E-state index in [0.29, 0.717) is 26.2 Å². The molecular formula is C20H18F3IO3. The molecule has 0 fully saturated rings. The Labute approximate surface area is 169 Å². The van der Waals surface area contributed by atoms with Crippen LogP contribution >= 0.6 is 22.6 Å². The van der Waals surface area contributed by atoms with Gasteiger partial charge in [0.25, 0.3) is 0 Å². The van der Waals surface area contributed by atoms with Crippen molar-refractivity contribution < 1.29 is 27.4 Å². The summed E-state index contributed by atoms with van der Waals surface area (Å²) in [5.74, 6) is 0.712. The van der Waals surface area contributed by atoms with E-state index in [2.05, 4.69) is 0 Å². The molecule has 2 aromatic carbocycles. The SMILES string of the molecule is COc1cc(C(=O)C(I)=Cc2ccc(C(F)(F)F)cc2)ccc1OC(C)C. The monoisotopic (exact) mass is 490 g/mol. The lowest BCUT2D eigenvalue weighted by atomic mass is 10.1. The zero-order valence-electron chi connectivity index (χ0n) is 14.9. The van der Waals surface area contributed by atoms with Crippen LogP contribution in [0.25, 0.3) is 6.08 Å². The van der Waals surface area contributed by atoms with Gasteiger partial charge in [-0.3, -0.25) is 4.79 Å². The van der Waals surface area contributed by atoms with Crippen LogP contribution in [0, 0.1) is 0 Å². The quantitative estimate of drug-likeness (QED) is 0.277.